The molecule has 5 aromatic rings. The van der Waals surface area contributed by atoms with Gasteiger partial charge in [0.05, 0.1) is 23.8 Å². The molecule has 0 atom stereocenters. The predicted octanol–water partition coefficient (Wildman–Crippen LogP) is 4.41. The fraction of sp³-hybridized carbons (Fsp3) is 0.154. The van der Waals surface area contributed by atoms with Crippen LogP contribution in [0.5, 0.6) is 17.2 Å². The van der Waals surface area contributed by atoms with Crippen molar-refractivity contribution >= 4 is 17.2 Å². The zero-order chi connectivity index (χ0) is 26.1. The highest BCUT2D eigenvalue weighted by Gasteiger charge is 2.21. The number of hydrogen-bond donors (Lipinski definition) is 3. The van der Waals surface area contributed by atoms with Crippen molar-refractivity contribution in [2.75, 3.05) is 11.9 Å². The lowest BCUT2D eigenvalue weighted by Crippen LogP contribution is -2.23. The number of nitrogens with one attached hydrogen (secondary N) is 3. The number of fused-ring (bicyclic) bond motifs is 2. The minimum Gasteiger partial charge on any atom is -0.457 e. The van der Waals surface area contributed by atoms with Crippen LogP contribution in [-0.4, -0.2) is 43.9 Å². The van der Waals surface area contributed by atoms with Gasteiger partial charge < -0.3 is 20.1 Å². The van der Waals surface area contributed by atoms with E-state index in [0.29, 0.717) is 17.1 Å². The molecule has 3 aromatic heterocycles. The van der Waals surface area contributed by atoms with Gasteiger partial charge in [-0.1, -0.05) is 6.07 Å². The molecule has 0 bridgehead atoms. The maximum absolute atomic E-state index is 13.2. The van der Waals surface area contributed by atoms with Crippen LogP contribution in [0.25, 0.3) is 16.9 Å². The maximum atomic E-state index is 13.2. The monoisotopic (exact) mass is 517 g/mol. The van der Waals surface area contributed by atoms with Gasteiger partial charge in [0.15, 0.2) is 5.65 Å². The number of hydrogen-bond acceptors (Lipinski definition) is 7. The number of benzene rings is 2. The number of aromatic nitrogens is 5. The van der Waals surface area contributed by atoms with Crippen LogP contribution in [0, 0.1) is 0 Å². The fourth-order valence-electron chi connectivity index (χ4n) is 4.39. The quantitative estimate of drug-likeness (QED) is 0.293. The molecule has 10 nitrogen and oxygen atoms in total. The second kappa shape index (κ2) is 9.90. The molecule has 0 spiro atoms. The first-order chi connectivity index (χ1) is 18.5. The Morgan fingerprint density at radius 1 is 1.11 bits per heavy atom. The molecule has 6 rings (SSSR count). The Hall–Kier alpha value is -4.84. The normalized spacial score (nSPS) is 12.9. The van der Waals surface area contributed by atoms with Gasteiger partial charge in [-0.25, -0.2) is 9.50 Å². The van der Waals surface area contributed by atoms with Crippen molar-refractivity contribution in [3.63, 3.8) is 0 Å². The molecular formula is C26H21F2N7O3. The van der Waals surface area contributed by atoms with Crippen molar-refractivity contribution in [3.8, 4) is 28.5 Å². The molecule has 0 aliphatic carbocycles. The third-order valence-electron chi connectivity index (χ3n) is 6.15. The first kappa shape index (κ1) is 23.6. The Morgan fingerprint density at radius 3 is 2.87 bits per heavy atom. The number of nitrogens with zero attached hydrogens (tertiary/aromatic N) is 4. The van der Waals surface area contributed by atoms with E-state index in [4.69, 9.17) is 9.47 Å². The number of halogens is 2. The van der Waals surface area contributed by atoms with E-state index in [1.807, 2.05) is 18.2 Å². The molecule has 2 aromatic carbocycles. The molecule has 12 heteroatoms. The van der Waals surface area contributed by atoms with Crippen molar-refractivity contribution in [1.82, 2.24) is 30.1 Å². The van der Waals surface area contributed by atoms with Crippen LogP contribution in [0.3, 0.4) is 0 Å². The molecule has 1 aliphatic rings. The number of aromatic amines is 1. The Morgan fingerprint density at radius 2 is 1.97 bits per heavy atom. The third-order valence-corrected chi connectivity index (χ3v) is 6.15. The summed E-state index contributed by atoms with van der Waals surface area (Å²) in [5, 5.41) is 17.0. The molecule has 0 fully saturated rings. The maximum Gasteiger partial charge on any atom is 0.387 e. The minimum atomic E-state index is -3.06. The number of ether oxygens (including phenoxy) is 2. The SMILES string of the molecule is O=C(Nc1cn[nH]c1-c1cc(Oc2ccc3c(c2)CNCC3)ccc1OC(F)F)c1cnn2cccnc12. The lowest BCUT2D eigenvalue weighted by molar-refractivity contribution is -0.0494. The third kappa shape index (κ3) is 4.64. The molecule has 38 heavy (non-hydrogen) atoms. The van der Waals surface area contributed by atoms with Gasteiger partial charge in [-0.3, -0.25) is 9.89 Å². The van der Waals surface area contributed by atoms with Crippen LogP contribution in [0.2, 0.25) is 0 Å². The number of H-pyrrole nitrogens is 1. The summed E-state index contributed by atoms with van der Waals surface area (Å²) in [7, 11) is 0. The summed E-state index contributed by atoms with van der Waals surface area (Å²) in [6.45, 7) is -1.38. The molecule has 0 unspecified atom stereocenters. The van der Waals surface area contributed by atoms with Gasteiger partial charge >= 0.3 is 6.61 Å². The van der Waals surface area contributed by atoms with Crippen LogP contribution >= 0.6 is 0 Å². The van der Waals surface area contributed by atoms with Crippen LogP contribution in [-0.2, 0) is 13.0 Å². The average molecular weight is 517 g/mol. The predicted molar refractivity (Wildman–Crippen MR) is 134 cm³/mol. The van der Waals surface area contributed by atoms with E-state index in [2.05, 4.69) is 30.9 Å². The van der Waals surface area contributed by atoms with E-state index in [-0.39, 0.29) is 28.3 Å². The highest BCUT2D eigenvalue weighted by Crippen LogP contribution is 2.38. The Labute approximate surface area is 214 Å². The van der Waals surface area contributed by atoms with Crippen molar-refractivity contribution in [2.45, 2.75) is 19.6 Å². The zero-order valence-electron chi connectivity index (χ0n) is 19.8. The zero-order valence-corrected chi connectivity index (χ0v) is 19.8. The Kier molecular flexibility index (Phi) is 6.14. The van der Waals surface area contributed by atoms with Gasteiger partial charge in [-0.2, -0.15) is 19.0 Å². The number of carbonyl (C=O) groups is 1. The minimum absolute atomic E-state index is 0.112. The van der Waals surface area contributed by atoms with E-state index in [0.717, 1.165) is 25.1 Å². The molecule has 1 amide bonds. The van der Waals surface area contributed by atoms with Gasteiger partial charge in [-0.05, 0) is 60.5 Å². The highest BCUT2D eigenvalue weighted by molar-refractivity contribution is 6.09. The number of amides is 1. The molecule has 4 heterocycles. The van der Waals surface area contributed by atoms with Gasteiger partial charge in [0.25, 0.3) is 5.91 Å². The van der Waals surface area contributed by atoms with E-state index in [9.17, 15) is 13.6 Å². The topological polar surface area (TPSA) is 118 Å². The summed E-state index contributed by atoms with van der Waals surface area (Å²) < 4.78 is 38.7. The van der Waals surface area contributed by atoms with Gasteiger partial charge in [-0.15, -0.1) is 0 Å². The number of carbonyl (C=O) groups excluding carboxylic acids is 1. The summed E-state index contributed by atoms with van der Waals surface area (Å²) in [5.74, 6) is 0.399. The van der Waals surface area contributed by atoms with Gasteiger partial charge in [0.1, 0.15) is 22.8 Å². The molecule has 192 valence electrons. The van der Waals surface area contributed by atoms with Crippen molar-refractivity contribution in [3.05, 3.63) is 83.9 Å². The van der Waals surface area contributed by atoms with E-state index < -0.39 is 12.5 Å². The van der Waals surface area contributed by atoms with Gasteiger partial charge in [0, 0.05) is 24.5 Å². The molecule has 0 radical (unpaired) electrons. The standard InChI is InChI=1S/C26H21F2N7O3/c27-26(28)38-22-5-4-18(37-17-3-2-15-6-8-29-12-16(15)10-17)11-19(22)23-21(14-31-34-23)33-25(36)20-13-32-35-9-1-7-30-24(20)35/h1-5,7,9-11,13-14,26,29H,6,8,12H2,(H,31,34)(H,33,36). The van der Waals surface area contributed by atoms with Crippen LogP contribution in [0.1, 0.15) is 21.5 Å². The van der Waals surface area contributed by atoms with E-state index in [1.54, 1.807) is 24.5 Å². The summed E-state index contributed by atoms with van der Waals surface area (Å²) >= 11 is 0. The summed E-state index contributed by atoms with van der Waals surface area (Å²) in [4.78, 5) is 17.2. The second-order valence-corrected chi connectivity index (χ2v) is 8.55. The number of alkyl halides is 2. The van der Waals surface area contributed by atoms with E-state index in [1.165, 1.54) is 34.6 Å². The second-order valence-electron chi connectivity index (χ2n) is 8.55. The van der Waals surface area contributed by atoms with Crippen LogP contribution < -0.4 is 20.1 Å². The average Bonchev–Trinajstić information content (AvgIpc) is 3.56. The van der Waals surface area contributed by atoms with Crippen LogP contribution in [0.4, 0.5) is 14.5 Å². The van der Waals surface area contributed by atoms with E-state index >= 15 is 0 Å². The number of rotatable bonds is 7. The van der Waals surface area contributed by atoms with Crippen LogP contribution in [0.15, 0.2) is 67.3 Å². The molecular weight excluding hydrogens is 496 g/mol. The fourth-order valence-corrected chi connectivity index (χ4v) is 4.39. The first-order valence-corrected chi connectivity index (χ1v) is 11.8. The molecule has 0 saturated carbocycles. The summed E-state index contributed by atoms with van der Waals surface area (Å²) in [6.07, 6.45) is 6.93. The van der Waals surface area contributed by atoms with Crippen molar-refractivity contribution < 1.29 is 23.0 Å². The molecule has 3 N–H and O–H groups in total. The van der Waals surface area contributed by atoms with Crippen molar-refractivity contribution in [2.24, 2.45) is 0 Å². The first-order valence-electron chi connectivity index (χ1n) is 11.8. The smallest absolute Gasteiger partial charge is 0.387 e. The summed E-state index contributed by atoms with van der Waals surface area (Å²) in [5.41, 5.74) is 3.76. The van der Waals surface area contributed by atoms with Crippen molar-refractivity contribution in [1.29, 1.82) is 0 Å². The largest absolute Gasteiger partial charge is 0.457 e. The highest BCUT2D eigenvalue weighted by atomic mass is 19.3. The lowest BCUT2D eigenvalue weighted by Gasteiger charge is -2.18. The number of anilines is 1. The molecule has 1 aliphatic heterocycles. The lowest BCUT2D eigenvalue weighted by atomic mass is 10.0. The molecule has 0 saturated heterocycles. The van der Waals surface area contributed by atoms with Gasteiger partial charge in [0.2, 0.25) is 0 Å². The Bertz CT molecular complexity index is 1630. The Balaban J connectivity index is 1.32. The summed E-state index contributed by atoms with van der Waals surface area (Å²) in [6, 6.07) is 12.0.